The smallest absolute Gasteiger partial charge is 0.363 e. The summed E-state index contributed by atoms with van der Waals surface area (Å²) in [5, 5.41) is 12.4. The summed E-state index contributed by atoms with van der Waals surface area (Å²) in [5.41, 5.74) is 0.536. The van der Waals surface area contributed by atoms with Crippen molar-refractivity contribution in [2.24, 2.45) is 0 Å². The molecule has 0 aliphatic heterocycles. The van der Waals surface area contributed by atoms with Crippen LogP contribution in [-0.4, -0.2) is 18.3 Å². The Morgan fingerprint density at radius 1 is 1.05 bits per heavy atom. The molecule has 0 heterocycles. The van der Waals surface area contributed by atoms with Crippen molar-refractivity contribution >= 4 is 18.4 Å². The van der Waals surface area contributed by atoms with Crippen LogP contribution in [0.25, 0.3) is 10.8 Å². The largest absolute Gasteiger partial charge is 0.376 e. The summed E-state index contributed by atoms with van der Waals surface area (Å²) < 4.78 is 22.9. The number of hydrogen-bond donors (Lipinski definition) is 1. The van der Waals surface area contributed by atoms with Gasteiger partial charge in [0.2, 0.25) is 0 Å². The van der Waals surface area contributed by atoms with Crippen LogP contribution in [0.1, 0.15) is 25.3 Å². The minimum absolute atomic E-state index is 0.224. The van der Waals surface area contributed by atoms with Crippen molar-refractivity contribution in [2.75, 3.05) is 13.2 Å². The van der Waals surface area contributed by atoms with Gasteiger partial charge in [-0.25, -0.2) is 0 Å². The zero-order valence-electron chi connectivity index (χ0n) is 11.7. The van der Waals surface area contributed by atoms with Gasteiger partial charge in [0.05, 0.1) is 13.2 Å². The van der Waals surface area contributed by atoms with E-state index in [4.69, 9.17) is 9.05 Å². The van der Waals surface area contributed by atoms with Gasteiger partial charge in [-0.15, -0.1) is 0 Å². The van der Waals surface area contributed by atoms with Crippen molar-refractivity contribution in [3.05, 3.63) is 48.0 Å². The summed E-state index contributed by atoms with van der Waals surface area (Å²) in [4.78, 5) is 0. The summed E-state index contributed by atoms with van der Waals surface area (Å²) in [7, 11) is -3.55. The summed E-state index contributed by atoms with van der Waals surface area (Å²) in [5.74, 6) is -1.27. The normalized spacial score (nSPS) is 13.6. The van der Waals surface area contributed by atoms with Gasteiger partial charge in [-0.1, -0.05) is 36.4 Å². The van der Waals surface area contributed by atoms with Crippen LogP contribution in [0.15, 0.2) is 42.5 Å². The zero-order valence-corrected chi connectivity index (χ0v) is 12.5. The van der Waals surface area contributed by atoms with E-state index in [1.807, 2.05) is 36.4 Å². The molecule has 5 heteroatoms. The van der Waals surface area contributed by atoms with Crippen LogP contribution in [0, 0.1) is 0 Å². The molecule has 0 saturated carbocycles. The highest BCUT2D eigenvalue weighted by Crippen LogP contribution is 2.59. The molecule has 1 N–H and O–H groups in total. The van der Waals surface area contributed by atoms with E-state index in [9.17, 15) is 9.67 Å². The van der Waals surface area contributed by atoms with Crippen molar-refractivity contribution in [1.82, 2.24) is 0 Å². The van der Waals surface area contributed by atoms with Gasteiger partial charge < -0.3 is 14.2 Å². The van der Waals surface area contributed by atoms with E-state index >= 15 is 0 Å². The third-order valence-corrected chi connectivity index (χ3v) is 5.12. The van der Waals surface area contributed by atoms with E-state index in [1.165, 1.54) is 0 Å². The predicted octanol–water partition coefficient (Wildman–Crippen LogP) is 4.10. The molecule has 0 spiro atoms. The fourth-order valence-electron chi connectivity index (χ4n) is 2.09. The molecular formula is C15H19O4P. The lowest BCUT2D eigenvalue weighted by Crippen LogP contribution is -2.06. The summed E-state index contributed by atoms with van der Waals surface area (Å²) in [6.45, 7) is 3.89. The fourth-order valence-corrected chi connectivity index (χ4v) is 3.69. The second kappa shape index (κ2) is 6.51. The number of aliphatic hydroxyl groups excluding tert-OH is 1. The average molecular weight is 294 g/mol. The van der Waals surface area contributed by atoms with Gasteiger partial charge in [0.15, 0.2) is 5.85 Å². The molecule has 0 aliphatic rings. The highest BCUT2D eigenvalue weighted by molar-refractivity contribution is 7.54. The van der Waals surface area contributed by atoms with Gasteiger partial charge >= 0.3 is 7.60 Å². The van der Waals surface area contributed by atoms with Crippen molar-refractivity contribution in [2.45, 2.75) is 19.7 Å². The van der Waals surface area contributed by atoms with Crippen LogP contribution in [0.5, 0.6) is 0 Å². The van der Waals surface area contributed by atoms with E-state index in [0.29, 0.717) is 5.56 Å². The SMILES string of the molecule is CCOP(=O)(OCC)[C@@H](O)c1ccc2ccccc2c1. The molecule has 0 fully saturated rings. The Hall–Kier alpha value is -1.19. The molecule has 20 heavy (non-hydrogen) atoms. The van der Waals surface area contributed by atoms with Crippen molar-refractivity contribution in [1.29, 1.82) is 0 Å². The lowest BCUT2D eigenvalue weighted by molar-refractivity contribution is 0.150. The fraction of sp³-hybridized carbons (Fsp3) is 0.333. The third-order valence-electron chi connectivity index (χ3n) is 2.99. The van der Waals surface area contributed by atoms with Crippen LogP contribution >= 0.6 is 7.60 Å². The second-order valence-electron chi connectivity index (χ2n) is 4.36. The highest BCUT2D eigenvalue weighted by Gasteiger charge is 2.35. The van der Waals surface area contributed by atoms with Gasteiger partial charge in [-0.2, -0.15) is 0 Å². The maximum atomic E-state index is 12.6. The minimum atomic E-state index is -3.55. The molecule has 1 atom stereocenters. The number of benzene rings is 2. The van der Waals surface area contributed by atoms with Crippen LogP contribution in [-0.2, 0) is 13.6 Å². The molecule has 2 rings (SSSR count). The summed E-state index contributed by atoms with van der Waals surface area (Å²) in [6.07, 6.45) is 0. The molecule has 2 aromatic carbocycles. The van der Waals surface area contributed by atoms with Gasteiger partial charge in [-0.05, 0) is 36.2 Å². The maximum absolute atomic E-state index is 12.6. The highest BCUT2D eigenvalue weighted by atomic mass is 31.2. The molecule has 108 valence electrons. The standard InChI is InChI=1S/C15H19O4P/c1-3-18-20(17,19-4-2)15(16)14-10-9-12-7-5-6-8-13(12)11-14/h5-11,15-16H,3-4H2,1-2H3/t15-/m1/s1. The van der Waals surface area contributed by atoms with Crippen molar-refractivity contribution in [3.63, 3.8) is 0 Å². The topological polar surface area (TPSA) is 55.8 Å². The van der Waals surface area contributed by atoms with Crippen molar-refractivity contribution < 1.29 is 18.7 Å². The van der Waals surface area contributed by atoms with E-state index in [2.05, 4.69) is 0 Å². The Kier molecular flexibility index (Phi) is 4.95. The lowest BCUT2D eigenvalue weighted by atomic mass is 10.1. The van der Waals surface area contributed by atoms with E-state index < -0.39 is 13.4 Å². The molecule has 0 amide bonds. The van der Waals surface area contributed by atoms with Gasteiger partial charge in [-0.3, -0.25) is 4.57 Å². The Morgan fingerprint density at radius 3 is 2.25 bits per heavy atom. The first-order valence-corrected chi connectivity index (χ1v) is 8.27. The maximum Gasteiger partial charge on any atom is 0.363 e. The van der Waals surface area contributed by atoms with Crippen LogP contribution in [0.3, 0.4) is 0 Å². The predicted molar refractivity (Wildman–Crippen MR) is 79.8 cm³/mol. The number of hydrogen-bond acceptors (Lipinski definition) is 4. The molecular weight excluding hydrogens is 275 g/mol. The average Bonchev–Trinajstić information content (AvgIpc) is 2.46. The lowest BCUT2D eigenvalue weighted by Gasteiger charge is -2.22. The molecule has 0 aliphatic carbocycles. The van der Waals surface area contributed by atoms with Gasteiger partial charge in [0, 0.05) is 0 Å². The molecule has 2 aromatic rings. The monoisotopic (exact) mass is 294 g/mol. The third kappa shape index (κ3) is 3.10. The van der Waals surface area contributed by atoms with Gasteiger partial charge in [0.25, 0.3) is 0 Å². The first kappa shape index (κ1) is 15.2. The Morgan fingerprint density at radius 2 is 1.65 bits per heavy atom. The Balaban J connectivity index is 2.38. The Labute approximate surface area is 118 Å². The van der Waals surface area contributed by atoms with Gasteiger partial charge in [0.1, 0.15) is 0 Å². The van der Waals surface area contributed by atoms with Crippen LogP contribution < -0.4 is 0 Å². The summed E-state index contributed by atoms with van der Waals surface area (Å²) in [6, 6.07) is 13.2. The summed E-state index contributed by atoms with van der Waals surface area (Å²) >= 11 is 0. The number of rotatable bonds is 6. The molecule has 0 unspecified atom stereocenters. The first-order valence-electron chi connectivity index (χ1n) is 6.66. The van der Waals surface area contributed by atoms with E-state index in [1.54, 1.807) is 19.9 Å². The number of aliphatic hydroxyl groups is 1. The first-order chi connectivity index (χ1) is 9.60. The van der Waals surface area contributed by atoms with E-state index in [0.717, 1.165) is 10.8 Å². The molecule has 0 aromatic heterocycles. The molecule has 0 saturated heterocycles. The second-order valence-corrected chi connectivity index (χ2v) is 6.44. The molecule has 4 nitrogen and oxygen atoms in total. The Bertz CT molecular complexity index is 616. The van der Waals surface area contributed by atoms with E-state index in [-0.39, 0.29) is 13.2 Å². The van der Waals surface area contributed by atoms with Crippen molar-refractivity contribution in [3.8, 4) is 0 Å². The number of fused-ring (bicyclic) bond motifs is 1. The van der Waals surface area contributed by atoms with Crippen LogP contribution in [0.4, 0.5) is 0 Å². The van der Waals surface area contributed by atoms with Crippen LogP contribution in [0.2, 0.25) is 0 Å². The molecule has 0 bridgehead atoms. The quantitative estimate of drug-likeness (QED) is 0.815. The molecule has 0 radical (unpaired) electrons. The zero-order chi connectivity index (χ0) is 14.6. The minimum Gasteiger partial charge on any atom is -0.376 e.